The molecule has 114 valence electrons. The van der Waals surface area contributed by atoms with Crippen molar-refractivity contribution in [2.75, 3.05) is 13.2 Å². The van der Waals surface area contributed by atoms with Gasteiger partial charge in [-0.3, -0.25) is 9.59 Å². The first-order valence-corrected chi connectivity index (χ1v) is 7.48. The third kappa shape index (κ3) is 4.77. The Morgan fingerprint density at radius 2 is 2.10 bits per heavy atom. The molecule has 0 radical (unpaired) electrons. The fourth-order valence-electron chi connectivity index (χ4n) is 2.38. The van der Waals surface area contributed by atoms with Crippen LogP contribution in [-0.4, -0.2) is 31.0 Å². The van der Waals surface area contributed by atoms with Crippen LogP contribution >= 0.6 is 0 Å². The molecule has 1 unspecified atom stereocenters. The van der Waals surface area contributed by atoms with Gasteiger partial charge in [-0.25, -0.2) is 0 Å². The lowest BCUT2D eigenvalue weighted by Gasteiger charge is -2.15. The van der Waals surface area contributed by atoms with Crippen molar-refractivity contribution in [3.8, 4) is 5.75 Å². The van der Waals surface area contributed by atoms with Crippen molar-refractivity contribution in [2.24, 2.45) is 0 Å². The zero-order valence-corrected chi connectivity index (χ0v) is 12.4. The van der Waals surface area contributed by atoms with Crippen molar-refractivity contribution >= 4 is 11.8 Å². The molecule has 2 rings (SSSR count). The van der Waals surface area contributed by atoms with E-state index < -0.39 is 6.04 Å². The van der Waals surface area contributed by atoms with Crippen LogP contribution in [0.4, 0.5) is 0 Å². The van der Waals surface area contributed by atoms with Gasteiger partial charge in [-0.2, -0.15) is 0 Å². The lowest BCUT2D eigenvalue weighted by atomic mass is 10.1. The van der Waals surface area contributed by atoms with Gasteiger partial charge in [0, 0.05) is 6.54 Å². The van der Waals surface area contributed by atoms with E-state index in [0.29, 0.717) is 19.6 Å². The third-order valence-corrected chi connectivity index (χ3v) is 3.47. The molecule has 1 saturated heterocycles. The molecular weight excluding hydrogens is 268 g/mol. The molecule has 0 aromatic heterocycles. The first-order valence-electron chi connectivity index (χ1n) is 7.48. The molecule has 0 bridgehead atoms. The molecule has 5 heteroatoms. The summed E-state index contributed by atoms with van der Waals surface area (Å²) in [7, 11) is 0. The van der Waals surface area contributed by atoms with E-state index >= 15 is 0 Å². The second-order valence-corrected chi connectivity index (χ2v) is 5.16. The number of hydrogen-bond acceptors (Lipinski definition) is 3. The SMILES string of the molecule is CCOc1ccc(CC(=O)NC2CCCCNC2=O)cc1. The van der Waals surface area contributed by atoms with Crippen molar-refractivity contribution in [1.29, 1.82) is 0 Å². The maximum Gasteiger partial charge on any atom is 0.242 e. The third-order valence-electron chi connectivity index (χ3n) is 3.47. The second kappa shape index (κ2) is 7.67. The normalized spacial score (nSPS) is 18.5. The molecule has 0 spiro atoms. The molecule has 2 N–H and O–H groups in total. The van der Waals surface area contributed by atoms with Gasteiger partial charge in [0.05, 0.1) is 13.0 Å². The average Bonchev–Trinajstić information content (AvgIpc) is 2.67. The standard InChI is InChI=1S/C16H22N2O3/c1-2-21-13-8-6-12(7-9-13)11-15(19)18-14-5-3-4-10-17-16(14)20/h6-9,14H,2-5,10-11H2,1H3,(H,17,20)(H,18,19). The van der Waals surface area contributed by atoms with Crippen LogP contribution in [-0.2, 0) is 16.0 Å². The number of amides is 2. The number of hydrogen-bond donors (Lipinski definition) is 2. The summed E-state index contributed by atoms with van der Waals surface area (Å²) in [6.07, 6.45) is 2.90. The quantitative estimate of drug-likeness (QED) is 0.861. The first-order chi connectivity index (χ1) is 10.2. The smallest absolute Gasteiger partial charge is 0.242 e. The van der Waals surface area contributed by atoms with E-state index in [-0.39, 0.29) is 18.2 Å². The molecule has 0 saturated carbocycles. The Morgan fingerprint density at radius 3 is 2.81 bits per heavy atom. The summed E-state index contributed by atoms with van der Waals surface area (Å²) < 4.78 is 5.36. The van der Waals surface area contributed by atoms with Crippen LogP contribution in [0, 0.1) is 0 Å². The molecule has 0 aliphatic carbocycles. The van der Waals surface area contributed by atoms with Crippen LogP contribution in [0.1, 0.15) is 31.7 Å². The van der Waals surface area contributed by atoms with Gasteiger partial charge < -0.3 is 15.4 Å². The van der Waals surface area contributed by atoms with Crippen LogP contribution in [0.15, 0.2) is 24.3 Å². The van der Waals surface area contributed by atoms with E-state index in [1.54, 1.807) is 0 Å². The number of benzene rings is 1. The van der Waals surface area contributed by atoms with E-state index in [1.165, 1.54) is 0 Å². The lowest BCUT2D eigenvalue weighted by Crippen LogP contribution is -2.45. The highest BCUT2D eigenvalue weighted by Gasteiger charge is 2.22. The van der Waals surface area contributed by atoms with E-state index in [2.05, 4.69) is 10.6 Å². The van der Waals surface area contributed by atoms with Crippen molar-refractivity contribution in [2.45, 2.75) is 38.6 Å². The summed E-state index contributed by atoms with van der Waals surface area (Å²) in [4.78, 5) is 23.8. The molecule has 2 amide bonds. The topological polar surface area (TPSA) is 67.4 Å². The molecule has 1 aromatic carbocycles. The van der Waals surface area contributed by atoms with Crippen LogP contribution in [0.25, 0.3) is 0 Å². The minimum atomic E-state index is -0.400. The minimum Gasteiger partial charge on any atom is -0.494 e. The summed E-state index contributed by atoms with van der Waals surface area (Å²) in [5, 5.41) is 5.63. The maximum absolute atomic E-state index is 12.0. The van der Waals surface area contributed by atoms with E-state index in [4.69, 9.17) is 4.74 Å². The Morgan fingerprint density at radius 1 is 1.33 bits per heavy atom. The van der Waals surface area contributed by atoms with E-state index in [0.717, 1.165) is 24.2 Å². The Kier molecular flexibility index (Phi) is 5.60. The fourth-order valence-corrected chi connectivity index (χ4v) is 2.38. The monoisotopic (exact) mass is 290 g/mol. The van der Waals surface area contributed by atoms with Crippen LogP contribution < -0.4 is 15.4 Å². The minimum absolute atomic E-state index is 0.0763. The zero-order chi connectivity index (χ0) is 15.1. The molecule has 21 heavy (non-hydrogen) atoms. The van der Waals surface area contributed by atoms with Gasteiger partial charge in [0.2, 0.25) is 11.8 Å². The molecule has 1 aliphatic heterocycles. The molecular formula is C16H22N2O3. The van der Waals surface area contributed by atoms with Crippen molar-refractivity contribution in [3.05, 3.63) is 29.8 Å². The van der Waals surface area contributed by atoms with Gasteiger partial charge in [0.15, 0.2) is 0 Å². The van der Waals surface area contributed by atoms with Crippen LogP contribution in [0.5, 0.6) is 5.75 Å². The molecule has 1 fully saturated rings. The van der Waals surface area contributed by atoms with Crippen molar-refractivity contribution < 1.29 is 14.3 Å². The van der Waals surface area contributed by atoms with Crippen molar-refractivity contribution in [3.63, 3.8) is 0 Å². The highest BCUT2D eigenvalue weighted by molar-refractivity contribution is 5.88. The van der Waals surface area contributed by atoms with Crippen LogP contribution in [0.2, 0.25) is 0 Å². The summed E-state index contributed by atoms with van der Waals surface area (Å²) in [6, 6.07) is 7.05. The predicted octanol–water partition coefficient (Wildman–Crippen LogP) is 1.41. The average molecular weight is 290 g/mol. The highest BCUT2D eigenvalue weighted by Crippen LogP contribution is 2.13. The Labute approximate surface area is 125 Å². The molecule has 1 aliphatic rings. The molecule has 1 heterocycles. The molecule has 1 atom stereocenters. The van der Waals surface area contributed by atoms with Gasteiger partial charge in [0.1, 0.15) is 11.8 Å². The largest absolute Gasteiger partial charge is 0.494 e. The number of carbonyl (C=O) groups is 2. The number of ether oxygens (including phenoxy) is 1. The van der Waals surface area contributed by atoms with Crippen molar-refractivity contribution in [1.82, 2.24) is 10.6 Å². The number of carbonyl (C=O) groups excluding carboxylic acids is 2. The van der Waals surface area contributed by atoms with Gasteiger partial charge in [-0.1, -0.05) is 12.1 Å². The fraction of sp³-hybridized carbons (Fsp3) is 0.500. The van der Waals surface area contributed by atoms with E-state index in [9.17, 15) is 9.59 Å². The van der Waals surface area contributed by atoms with Gasteiger partial charge >= 0.3 is 0 Å². The summed E-state index contributed by atoms with van der Waals surface area (Å²) >= 11 is 0. The predicted molar refractivity (Wildman–Crippen MR) is 80.1 cm³/mol. The zero-order valence-electron chi connectivity index (χ0n) is 12.4. The molecule has 5 nitrogen and oxygen atoms in total. The van der Waals surface area contributed by atoms with Crippen LogP contribution in [0.3, 0.4) is 0 Å². The summed E-state index contributed by atoms with van der Waals surface area (Å²) in [5.41, 5.74) is 0.907. The van der Waals surface area contributed by atoms with Gasteiger partial charge in [-0.15, -0.1) is 0 Å². The summed E-state index contributed by atoms with van der Waals surface area (Å²) in [5.74, 6) is 0.596. The van der Waals surface area contributed by atoms with Gasteiger partial charge in [-0.05, 0) is 43.9 Å². The number of nitrogens with one attached hydrogen (secondary N) is 2. The maximum atomic E-state index is 12.0. The lowest BCUT2D eigenvalue weighted by molar-refractivity contribution is -0.128. The Hall–Kier alpha value is -2.04. The Balaban J connectivity index is 1.87. The Bertz CT molecular complexity index is 485. The first kappa shape index (κ1) is 15.4. The van der Waals surface area contributed by atoms with E-state index in [1.807, 2.05) is 31.2 Å². The summed E-state index contributed by atoms with van der Waals surface area (Å²) in [6.45, 7) is 3.25. The second-order valence-electron chi connectivity index (χ2n) is 5.16. The highest BCUT2D eigenvalue weighted by atomic mass is 16.5. The number of rotatable bonds is 5. The van der Waals surface area contributed by atoms with Gasteiger partial charge in [0.25, 0.3) is 0 Å². The molecule has 1 aromatic rings.